The molecule has 0 aliphatic carbocycles. The van der Waals surface area contributed by atoms with Gasteiger partial charge in [0.15, 0.2) is 5.78 Å². The lowest BCUT2D eigenvalue weighted by Gasteiger charge is -2.13. The smallest absolute Gasteiger partial charge is 0.314 e. The third kappa shape index (κ3) is 3.32. The summed E-state index contributed by atoms with van der Waals surface area (Å²) in [4.78, 5) is 22.6. The molecule has 1 aromatic carbocycles. The van der Waals surface area contributed by atoms with Gasteiger partial charge in [-0.1, -0.05) is 0 Å². The van der Waals surface area contributed by atoms with Gasteiger partial charge in [-0.15, -0.1) is 0 Å². The summed E-state index contributed by atoms with van der Waals surface area (Å²) in [7, 11) is 0. The fourth-order valence-electron chi connectivity index (χ4n) is 1.55. The van der Waals surface area contributed by atoms with E-state index in [2.05, 4.69) is 0 Å². The summed E-state index contributed by atoms with van der Waals surface area (Å²) < 4.78 is 5.56. The van der Waals surface area contributed by atoms with Gasteiger partial charge in [-0.05, 0) is 51.5 Å². The summed E-state index contributed by atoms with van der Waals surface area (Å²) in [5.74, 6) is -1.81. The molecule has 0 heterocycles. The van der Waals surface area contributed by atoms with Crippen molar-refractivity contribution in [2.45, 2.75) is 33.8 Å². The van der Waals surface area contributed by atoms with Gasteiger partial charge < -0.3 is 9.84 Å². The van der Waals surface area contributed by atoms with Crippen LogP contribution in [0.3, 0.4) is 0 Å². The number of rotatable bonds is 5. The van der Waals surface area contributed by atoms with Crippen molar-refractivity contribution < 1.29 is 19.4 Å². The zero-order chi connectivity index (χ0) is 13.9. The average molecular weight is 250 g/mol. The molecule has 98 valence electrons. The van der Waals surface area contributed by atoms with Gasteiger partial charge >= 0.3 is 5.97 Å². The van der Waals surface area contributed by atoms with Crippen LogP contribution < -0.4 is 4.74 Å². The molecule has 0 saturated carbocycles. The van der Waals surface area contributed by atoms with E-state index in [-0.39, 0.29) is 11.9 Å². The van der Waals surface area contributed by atoms with Crippen molar-refractivity contribution in [2.24, 2.45) is 5.92 Å². The number of aryl methyl sites for hydroxylation is 1. The van der Waals surface area contributed by atoms with E-state index in [1.807, 2.05) is 20.8 Å². The Bertz CT molecular complexity index is 463. The summed E-state index contributed by atoms with van der Waals surface area (Å²) in [5, 5.41) is 8.81. The van der Waals surface area contributed by atoms with Gasteiger partial charge in [-0.3, -0.25) is 9.59 Å². The molecule has 0 aliphatic rings. The molecule has 1 aromatic rings. The first-order valence-electron chi connectivity index (χ1n) is 5.87. The molecule has 0 bridgehead atoms. The van der Waals surface area contributed by atoms with Crippen molar-refractivity contribution >= 4 is 11.8 Å². The number of hydrogen-bond acceptors (Lipinski definition) is 3. The van der Waals surface area contributed by atoms with Gasteiger partial charge in [0.05, 0.1) is 6.10 Å². The molecule has 1 atom stereocenters. The summed E-state index contributed by atoms with van der Waals surface area (Å²) in [6.07, 6.45) is 0.0585. The summed E-state index contributed by atoms with van der Waals surface area (Å²) in [6, 6.07) is 4.98. The summed E-state index contributed by atoms with van der Waals surface area (Å²) in [5.41, 5.74) is 1.23. The van der Waals surface area contributed by atoms with Crippen LogP contribution in [0.5, 0.6) is 5.75 Å². The molecule has 1 unspecified atom stereocenters. The van der Waals surface area contributed by atoms with E-state index in [1.165, 1.54) is 6.92 Å². The number of carbonyl (C=O) groups is 2. The Morgan fingerprint density at radius 3 is 2.28 bits per heavy atom. The molecule has 0 aliphatic heterocycles. The lowest BCUT2D eigenvalue weighted by molar-refractivity contribution is -0.139. The third-order valence-electron chi connectivity index (χ3n) is 2.59. The van der Waals surface area contributed by atoms with Crippen molar-refractivity contribution in [3.8, 4) is 5.75 Å². The predicted octanol–water partition coefficient (Wildman–Crippen LogP) is 2.69. The first-order chi connectivity index (χ1) is 8.32. The molecule has 0 fully saturated rings. The van der Waals surface area contributed by atoms with Crippen molar-refractivity contribution in [1.29, 1.82) is 0 Å². The number of aliphatic carboxylic acids is 1. The SMILES string of the molecule is Cc1cc(C(=O)C(C)C(=O)O)ccc1OC(C)C. The largest absolute Gasteiger partial charge is 0.491 e. The molecule has 4 heteroatoms. The van der Waals surface area contributed by atoms with Crippen LogP contribution in [0.1, 0.15) is 36.7 Å². The van der Waals surface area contributed by atoms with Crippen molar-refractivity contribution in [1.82, 2.24) is 0 Å². The van der Waals surface area contributed by atoms with E-state index in [1.54, 1.807) is 18.2 Å². The number of Topliss-reactive ketones (excluding diaryl/α,β-unsaturated/α-hetero) is 1. The lowest BCUT2D eigenvalue weighted by atomic mass is 9.98. The Morgan fingerprint density at radius 1 is 1.22 bits per heavy atom. The third-order valence-corrected chi connectivity index (χ3v) is 2.59. The number of ketones is 1. The Balaban J connectivity index is 2.97. The number of carboxylic acids is 1. The normalized spacial score (nSPS) is 12.3. The van der Waals surface area contributed by atoms with Gasteiger partial charge in [0.2, 0.25) is 0 Å². The van der Waals surface area contributed by atoms with E-state index in [9.17, 15) is 9.59 Å². The maximum atomic E-state index is 11.9. The number of hydrogen-bond donors (Lipinski definition) is 1. The molecule has 0 radical (unpaired) electrons. The topological polar surface area (TPSA) is 63.6 Å². The van der Waals surface area contributed by atoms with Crippen molar-refractivity contribution in [2.75, 3.05) is 0 Å². The second-order valence-corrected chi connectivity index (χ2v) is 4.57. The lowest BCUT2D eigenvalue weighted by Crippen LogP contribution is -2.20. The number of carbonyl (C=O) groups excluding carboxylic acids is 1. The van der Waals surface area contributed by atoms with Crippen LogP contribution >= 0.6 is 0 Å². The van der Waals surface area contributed by atoms with Gasteiger partial charge in [0.1, 0.15) is 11.7 Å². The van der Waals surface area contributed by atoms with Crippen LogP contribution in [0.4, 0.5) is 0 Å². The van der Waals surface area contributed by atoms with E-state index < -0.39 is 11.9 Å². The van der Waals surface area contributed by atoms with Gasteiger partial charge in [-0.2, -0.15) is 0 Å². The van der Waals surface area contributed by atoms with E-state index in [0.29, 0.717) is 11.3 Å². The molecule has 1 rings (SSSR count). The van der Waals surface area contributed by atoms with Crippen LogP contribution in [-0.4, -0.2) is 23.0 Å². The van der Waals surface area contributed by atoms with Gasteiger partial charge in [0, 0.05) is 5.56 Å². The predicted molar refractivity (Wildman–Crippen MR) is 68.1 cm³/mol. The van der Waals surface area contributed by atoms with Gasteiger partial charge in [0.25, 0.3) is 0 Å². The van der Waals surface area contributed by atoms with Crippen LogP contribution in [-0.2, 0) is 4.79 Å². The fraction of sp³-hybridized carbons (Fsp3) is 0.429. The maximum absolute atomic E-state index is 11.9. The first-order valence-corrected chi connectivity index (χ1v) is 5.87. The van der Waals surface area contributed by atoms with E-state index >= 15 is 0 Å². The minimum absolute atomic E-state index is 0.0585. The highest BCUT2D eigenvalue weighted by Gasteiger charge is 2.22. The molecular formula is C14H18O4. The Labute approximate surface area is 107 Å². The van der Waals surface area contributed by atoms with Gasteiger partial charge in [-0.25, -0.2) is 0 Å². The average Bonchev–Trinajstić information content (AvgIpc) is 2.29. The standard InChI is InChI=1S/C14H18O4/c1-8(2)18-12-6-5-11(7-9(12)3)13(15)10(4)14(16)17/h5-8,10H,1-4H3,(H,16,17). The minimum atomic E-state index is -1.11. The monoisotopic (exact) mass is 250 g/mol. The number of benzene rings is 1. The second-order valence-electron chi connectivity index (χ2n) is 4.57. The molecule has 0 spiro atoms. The highest BCUT2D eigenvalue weighted by atomic mass is 16.5. The quantitative estimate of drug-likeness (QED) is 0.644. The second kappa shape index (κ2) is 5.67. The zero-order valence-electron chi connectivity index (χ0n) is 11.1. The van der Waals surface area contributed by atoms with Crippen LogP contribution in [0, 0.1) is 12.8 Å². The molecule has 4 nitrogen and oxygen atoms in total. The Kier molecular flexibility index (Phi) is 4.48. The highest BCUT2D eigenvalue weighted by molar-refractivity contribution is 6.08. The summed E-state index contributed by atoms with van der Waals surface area (Å²) >= 11 is 0. The Hall–Kier alpha value is -1.84. The molecular weight excluding hydrogens is 232 g/mol. The number of ether oxygens (including phenoxy) is 1. The molecule has 0 amide bonds. The van der Waals surface area contributed by atoms with Crippen molar-refractivity contribution in [3.05, 3.63) is 29.3 Å². The zero-order valence-corrected chi connectivity index (χ0v) is 11.1. The maximum Gasteiger partial charge on any atom is 0.314 e. The highest BCUT2D eigenvalue weighted by Crippen LogP contribution is 2.22. The fourth-order valence-corrected chi connectivity index (χ4v) is 1.55. The van der Waals surface area contributed by atoms with Crippen LogP contribution in [0.2, 0.25) is 0 Å². The molecule has 1 N–H and O–H groups in total. The molecule has 0 saturated heterocycles. The van der Waals surface area contributed by atoms with Crippen LogP contribution in [0.15, 0.2) is 18.2 Å². The summed E-state index contributed by atoms with van der Waals surface area (Å²) in [6.45, 7) is 7.06. The minimum Gasteiger partial charge on any atom is -0.491 e. The van der Waals surface area contributed by atoms with Crippen LogP contribution in [0.25, 0.3) is 0 Å². The molecule has 0 aromatic heterocycles. The molecule has 18 heavy (non-hydrogen) atoms. The van der Waals surface area contributed by atoms with E-state index in [0.717, 1.165) is 5.56 Å². The number of carboxylic acid groups (broad SMARTS) is 1. The van der Waals surface area contributed by atoms with Crippen molar-refractivity contribution in [3.63, 3.8) is 0 Å². The Morgan fingerprint density at radius 2 is 1.83 bits per heavy atom. The first kappa shape index (κ1) is 14.2. The van der Waals surface area contributed by atoms with E-state index in [4.69, 9.17) is 9.84 Å².